The Labute approximate surface area is 157 Å². The van der Waals surface area contributed by atoms with Crippen molar-refractivity contribution in [2.75, 3.05) is 26.2 Å². The van der Waals surface area contributed by atoms with E-state index >= 15 is 0 Å². The molecular weight excluding hydrogens is 350 g/mol. The highest BCUT2D eigenvalue weighted by atomic mass is 16.5. The van der Waals surface area contributed by atoms with Crippen LogP contribution in [-0.2, 0) is 24.7 Å². The lowest BCUT2D eigenvalue weighted by Gasteiger charge is -2.22. The van der Waals surface area contributed by atoms with Crippen molar-refractivity contribution in [2.24, 2.45) is 0 Å². The van der Waals surface area contributed by atoms with Gasteiger partial charge in [-0.3, -0.25) is 19.3 Å². The van der Waals surface area contributed by atoms with Crippen molar-refractivity contribution in [1.82, 2.24) is 15.1 Å². The second kappa shape index (κ2) is 7.38. The maximum atomic E-state index is 12.8. The van der Waals surface area contributed by atoms with E-state index in [1.165, 1.54) is 0 Å². The average Bonchev–Trinajstić information content (AvgIpc) is 3.24. The van der Waals surface area contributed by atoms with Crippen molar-refractivity contribution in [1.29, 1.82) is 0 Å². The van der Waals surface area contributed by atoms with Gasteiger partial charge >= 0.3 is 12.0 Å². The number of hydrogen-bond acceptors (Lipinski definition) is 5. The largest absolute Gasteiger partial charge is 0.454 e. The van der Waals surface area contributed by atoms with E-state index in [0.29, 0.717) is 18.7 Å². The van der Waals surface area contributed by atoms with E-state index in [0.717, 1.165) is 23.3 Å². The second-order valence-corrected chi connectivity index (χ2v) is 7.06. The Morgan fingerprint density at radius 3 is 2.41 bits per heavy atom. The van der Waals surface area contributed by atoms with E-state index in [1.54, 1.807) is 24.0 Å². The van der Waals surface area contributed by atoms with Crippen LogP contribution in [0, 0.1) is 6.92 Å². The minimum atomic E-state index is -1.24. The summed E-state index contributed by atoms with van der Waals surface area (Å²) in [5.41, 5.74) is 0.421. The van der Waals surface area contributed by atoms with Crippen LogP contribution in [0.5, 0.6) is 0 Å². The molecule has 1 N–H and O–H groups in total. The number of aryl methyl sites for hydroxylation is 1. The summed E-state index contributed by atoms with van der Waals surface area (Å²) in [4.78, 5) is 51.4. The summed E-state index contributed by atoms with van der Waals surface area (Å²) in [5.74, 6) is -1.58. The van der Waals surface area contributed by atoms with Crippen LogP contribution in [0.3, 0.4) is 0 Å². The lowest BCUT2D eigenvalue weighted by Crippen LogP contribution is -2.42. The first-order valence-electron chi connectivity index (χ1n) is 8.96. The number of carbonyl (C=O) groups excluding carboxylic acids is 4. The van der Waals surface area contributed by atoms with Crippen molar-refractivity contribution < 1.29 is 23.9 Å². The van der Waals surface area contributed by atoms with E-state index in [2.05, 4.69) is 5.32 Å². The molecule has 2 saturated heterocycles. The van der Waals surface area contributed by atoms with Crippen molar-refractivity contribution >= 4 is 23.8 Å². The fourth-order valence-corrected chi connectivity index (χ4v) is 3.30. The van der Waals surface area contributed by atoms with Crippen LogP contribution < -0.4 is 5.32 Å². The second-order valence-electron chi connectivity index (χ2n) is 7.06. The number of likely N-dealkylation sites (tertiary alicyclic amines) is 1. The third-order valence-electron chi connectivity index (χ3n) is 5.01. The monoisotopic (exact) mass is 373 g/mol. The molecule has 3 rings (SSSR count). The molecule has 27 heavy (non-hydrogen) atoms. The quantitative estimate of drug-likeness (QED) is 0.612. The van der Waals surface area contributed by atoms with Gasteiger partial charge in [0.15, 0.2) is 6.61 Å². The van der Waals surface area contributed by atoms with Gasteiger partial charge in [-0.1, -0.05) is 29.8 Å². The molecule has 0 aliphatic carbocycles. The van der Waals surface area contributed by atoms with Crippen LogP contribution in [0.15, 0.2) is 24.3 Å². The maximum Gasteiger partial charge on any atom is 0.326 e. The lowest BCUT2D eigenvalue weighted by molar-refractivity contribution is -0.153. The number of carbonyl (C=O) groups is 4. The third kappa shape index (κ3) is 3.79. The van der Waals surface area contributed by atoms with E-state index in [4.69, 9.17) is 4.74 Å². The van der Waals surface area contributed by atoms with Gasteiger partial charge in [-0.25, -0.2) is 4.79 Å². The van der Waals surface area contributed by atoms with E-state index < -0.39 is 30.0 Å². The van der Waals surface area contributed by atoms with Gasteiger partial charge in [0.2, 0.25) is 0 Å². The van der Waals surface area contributed by atoms with Crippen LogP contribution in [0.25, 0.3) is 0 Å². The first-order chi connectivity index (χ1) is 12.8. The zero-order chi connectivity index (χ0) is 19.6. The number of ether oxygens (including phenoxy) is 1. The Bertz CT molecular complexity index is 770. The molecule has 0 saturated carbocycles. The van der Waals surface area contributed by atoms with Gasteiger partial charge < -0.3 is 15.0 Å². The number of benzene rings is 1. The van der Waals surface area contributed by atoms with Crippen molar-refractivity contribution in [3.05, 3.63) is 35.4 Å². The Hall–Kier alpha value is -2.90. The summed E-state index contributed by atoms with van der Waals surface area (Å²) in [6.07, 6.45) is 1.89. The molecular formula is C19H23N3O5. The van der Waals surface area contributed by atoms with Gasteiger partial charge in [0, 0.05) is 13.1 Å². The van der Waals surface area contributed by atoms with Crippen LogP contribution in [0.1, 0.15) is 30.9 Å². The van der Waals surface area contributed by atoms with Crippen molar-refractivity contribution in [3.63, 3.8) is 0 Å². The molecule has 4 amide bonds. The van der Waals surface area contributed by atoms with Gasteiger partial charge in [0.05, 0.1) is 0 Å². The molecule has 1 aromatic carbocycles. The number of nitrogens with zero attached hydrogens (tertiary/aromatic N) is 2. The Morgan fingerprint density at radius 2 is 1.78 bits per heavy atom. The molecule has 144 valence electrons. The molecule has 2 aliphatic heterocycles. The van der Waals surface area contributed by atoms with E-state index in [9.17, 15) is 19.2 Å². The molecule has 0 bridgehead atoms. The standard InChI is InChI=1S/C19H23N3O5/c1-13-5-7-14(8-6-13)19(2)17(25)22(18(26)20-19)11-16(24)27-12-15(23)21-9-3-4-10-21/h5-8H,3-4,9-12H2,1-2H3,(H,20,26)/t19-/m0/s1. The summed E-state index contributed by atoms with van der Waals surface area (Å²) in [7, 11) is 0. The molecule has 0 unspecified atom stereocenters. The maximum absolute atomic E-state index is 12.8. The summed E-state index contributed by atoms with van der Waals surface area (Å²) >= 11 is 0. The minimum Gasteiger partial charge on any atom is -0.454 e. The molecule has 2 aliphatic rings. The predicted octanol–water partition coefficient (Wildman–Crippen LogP) is 0.928. The summed E-state index contributed by atoms with van der Waals surface area (Å²) in [6.45, 7) is 3.95. The number of urea groups is 1. The Balaban J connectivity index is 1.60. The molecule has 0 spiro atoms. The topological polar surface area (TPSA) is 96.0 Å². The first-order valence-corrected chi connectivity index (χ1v) is 8.96. The van der Waals surface area contributed by atoms with Gasteiger partial charge in [-0.05, 0) is 32.3 Å². The molecule has 0 aromatic heterocycles. The zero-order valence-electron chi connectivity index (χ0n) is 15.5. The molecule has 8 nitrogen and oxygen atoms in total. The normalized spacial score (nSPS) is 22.1. The zero-order valence-corrected chi connectivity index (χ0v) is 15.5. The molecule has 0 radical (unpaired) electrons. The van der Waals surface area contributed by atoms with Crippen LogP contribution in [0.2, 0.25) is 0 Å². The summed E-state index contributed by atoms with van der Waals surface area (Å²) in [6, 6.07) is 6.57. The molecule has 1 aromatic rings. The highest BCUT2D eigenvalue weighted by Gasteiger charge is 2.49. The lowest BCUT2D eigenvalue weighted by atomic mass is 9.91. The molecule has 2 fully saturated rings. The van der Waals surface area contributed by atoms with Gasteiger partial charge in [-0.15, -0.1) is 0 Å². The Kier molecular flexibility index (Phi) is 5.16. The van der Waals surface area contributed by atoms with Gasteiger partial charge in [0.1, 0.15) is 12.1 Å². The number of amides is 4. The van der Waals surface area contributed by atoms with Gasteiger partial charge in [-0.2, -0.15) is 0 Å². The number of nitrogens with one attached hydrogen (secondary N) is 1. The first kappa shape index (κ1) is 18.9. The van der Waals surface area contributed by atoms with Crippen molar-refractivity contribution in [3.8, 4) is 0 Å². The summed E-state index contributed by atoms with van der Waals surface area (Å²) in [5, 5.41) is 2.64. The number of esters is 1. The minimum absolute atomic E-state index is 0.262. The molecule has 1 atom stereocenters. The van der Waals surface area contributed by atoms with E-state index in [-0.39, 0.29) is 12.5 Å². The van der Waals surface area contributed by atoms with Crippen molar-refractivity contribution in [2.45, 2.75) is 32.2 Å². The predicted molar refractivity (Wildman–Crippen MR) is 95.5 cm³/mol. The highest BCUT2D eigenvalue weighted by Crippen LogP contribution is 2.28. The smallest absolute Gasteiger partial charge is 0.326 e. The van der Waals surface area contributed by atoms with Crippen LogP contribution in [-0.4, -0.2) is 59.9 Å². The number of imide groups is 1. The number of rotatable bonds is 5. The van der Waals surface area contributed by atoms with E-state index in [1.807, 2.05) is 19.1 Å². The molecule has 2 heterocycles. The van der Waals surface area contributed by atoms with Gasteiger partial charge in [0.25, 0.3) is 11.8 Å². The summed E-state index contributed by atoms with van der Waals surface area (Å²) < 4.78 is 4.96. The van der Waals surface area contributed by atoms with Crippen LogP contribution >= 0.6 is 0 Å². The fourth-order valence-electron chi connectivity index (χ4n) is 3.30. The molecule has 8 heteroatoms. The highest BCUT2D eigenvalue weighted by molar-refractivity contribution is 6.08. The SMILES string of the molecule is Cc1ccc([C@]2(C)NC(=O)N(CC(=O)OCC(=O)N3CCCC3)C2=O)cc1. The fraction of sp³-hybridized carbons (Fsp3) is 0.474. The van der Waals surface area contributed by atoms with Crippen LogP contribution in [0.4, 0.5) is 4.79 Å². The number of hydrogen-bond donors (Lipinski definition) is 1. The Morgan fingerprint density at radius 1 is 1.15 bits per heavy atom. The average molecular weight is 373 g/mol. The third-order valence-corrected chi connectivity index (χ3v) is 5.01.